The molecule has 0 atom stereocenters. The van der Waals surface area contributed by atoms with Gasteiger partial charge in [-0.05, 0) is 36.4 Å². The lowest BCUT2D eigenvalue weighted by atomic mass is 10.1. The summed E-state index contributed by atoms with van der Waals surface area (Å²) in [6, 6.07) is 10.3. The van der Waals surface area contributed by atoms with Gasteiger partial charge >= 0.3 is 0 Å². The maximum absolute atomic E-state index is 12.1. The van der Waals surface area contributed by atoms with Gasteiger partial charge in [0.1, 0.15) is 26.4 Å². The van der Waals surface area contributed by atoms with E-state index in [-0.39, 0.29) is 24.8 Å². The molecular weight excluding hydrogens is 440 g/mol. The molecule has 2 aromatic rings. The first-order chi connectivity index (χ1) is 16.6. The predicted octanol–water partition coefficient (Wildman–Crippen LogP) is 4.13. The van der Waals surface area contributed by atoms with Crippen molar-refractivity contribution in [2.45, 2.75) is 26.7 Å². The molecule has 1 aliphatic rings. The normalized spacial score (nSPS) is 15.6. The number of rotatable bonds is 4. The van der Waals surface area contributed by atoms with Crippen molar-refractivity contribution < 1.29 is 38.0 Å². The fourth-order valence-electron chi connectivity index (χ4n) is 3.28. The van der Waals surface area contributed by atoms with Crippen LogP contribution in [-0.2, 0) is 9.47 Å². The van der Waals surface area contributed by atoms with E-state index in [0.29, 0.717) is 86.6 Å². The fourth-order valence-corrected chi connectivity index (χ4v) is 3.28. The fraction of sp³-hybridized carbons (Fsp3) is 0.462. The number of benzene rings is 2. The zero-order valence-electron chi connectivity index (χ0n) is 19.8. The molecule has 0 aliphatic carbocycles. The summed E-state index contributed by atoms with van der Waals surface area (Å²) >= 11 is 0. The van der Waals surface area contributed by atoms with Crippen LogP contribution in [0, 0.1) is 0 Å². The highest BCUT2D eigenvalue weighted by Gasteiger charge is 2.13. The Morgan fingerprint density at radius 1 is 0.559 bits per heavy atom. The van der Waals surface area contributed by atoms with Crippen LogP contribution in [0.1, 0.15) is 47.4 Å². The van der Waals surface area contributed by atoms with Crippen LogP contribution in [0.3, 0.4) is 0 Å². The first-order valence-electron chi connectivity index (χ1n) is 11.6. The maximum atomic E-state index is 12.1. The third-order valence-corrected chi connectivity index (χ3v) is 5.11. The molecule has 184 valence electrons. The lowest BCUT2D eigenvalue weighted by Crippen LogP contribution is -2.15. The van der Waals surface area contributed by atoms with Crippen molar-refractivity contribution in [2.24, 2.45) is 0 Å². The SMILES string of the molecule is CCC(=O)c1ccc2c(c1)OCCOCCOc1cc(C(=O)CC)ccc1OCCOCCO2. The van der Waals surface area contributed by atoms with Gasteiger partial charge in [0.05, 0.1) is 26.4 Å². The monoisotopic (exact) mass is 472 g/mol. The number of Topliss-reactive ketones (excluding diaryl/α,β-unsaturated/α-hetero) is 2. The van der Waals surface area contributed by atoms with Crippen molar-refractivity contribution >= 4 is 11.6 Å². The van der Waals surface area contributed by atoms with Gasteiger partial charge in [0, 0.05) is 24.0 Å². The van der Waals surface area contributed by atoms with Crippen LogP contribution >= 0.6 is 0 Å². The second-order valence-corrected chi connectivity index (χ2v) is 7.50. The minimum absolute atomic E-state index is 0.0339. The van der Waals surface area contributed by atoms with Gasteiger partial charge in [0.2, 0.25) is 0 Å². The van der Waals surface area contributed by atoms with Crippen LogP contribution < -0.4 is 18.9 Å². The summed E-state index contributed by atoms with van der Waals surface area (Å²) in [6.45, 7) is 6.21. The first-order valence-corrected chi connectivity index (χ1v) is 11.6. The average Bonchev–Trinajstić information content (AvgIpc) is 2.87. The zero-order chi connectivity index (χ0) is 24.2. The topological polar surface area (TPSA) is 89.5 Å². The van der Waals surface area contributed by atoms with E-state index in [1.165, 1.54) is 0 Å². The van der Waals surface area contributed by atoms with Crippen LogP contribution in [0.25, 0.3) is 0 Å². The highest BCUT2D eigenvalue weighted by molar-refractivity contribution is 5.97. The van der Waals surface area contributed by atoms with Crippen molar-refractivity contribution in [3.05, 3.63) is 47.5 Å². The predicted molar refractivity (Wildman–Crippen MR) is 126 cm³/mol. The summed E-state index contributed by atoms with van der Waals surface area (Å²) in [5.74, 6) is 2.14. The molecule has 34 heavy (non-hydrogen) atoms. The van der Waals surface area contributed by atoms with E-state index in [1.54, 1.807) is 36.4 Å². The number of hydrogen-bond acceptors (Lipinski definition) is 8. The van der Waals surface area contributed by atoms with Gasteiger partial charge in [-0.25, -0.2) is 0 Å². The molecule has 0 amide bonds. The number of hydrogen-bond donors (Lipinski definition) is 0. The van der Waals surface area contributed by atoms with Gasteiger partial charge < -0.3 is 28.4 Å². The number of ketones is 2. The molecule has 2 aromatic carbocycles. The van der Waals surface area contributed by atoms with Crippen LogP contribution in [0.15, 0.2) is 36.4 Å². The molecule has 0 unspecified atom stereocenters. The number of carbonyl (C=O) groups is 2. The van der Waals surface area contributed by atoms with E-state index >= 15 is 0 Å². The molecular formula is C26H32O8. The standard InChI is InChI=1S/C26H32O8/c1-3-21(27)19-5-7-23-25(17-19)33-15-11-30-12-16-34-26-18-20(22(28)4-2)6-8-24(26)32-14-10-29-9-13-31-23/h5-8,17-18H,3-4,9-16H2,1-2H3. The smallest absolute Gasteiger partial charge is 0.162 e. The maximum Gasteiger partial charge on any atom is 0.162 e. The third-order valence-electron chi connectivity index (χ3n) is 5.11. The zero-order valence-corrected chi connectivity index (χ0v) is 19.8. The van der Waals surface area contributed by atoms with Gasteiger partial charge in [0.25, 0.3) is 0 Å². The second kappa shape index (κ2) is 13.6. The number of carbonyl (C=O) groups excluding carboxylic acids is 2. The van der Waals surface area contributed by atoms with Gasteiger partial charge in [0.15, 0.2) is 34.6 Å². The van der Waals surface area contributed by atoms with E-state index < -0.39 is 0 Å². The van der Waals surface area contributed by atoms with E-state index in [2.05, 4.69) is 0 Å². The van der Waals surface area contributed by atoms with Gasteiger partial charge in [-0.3, -0.25) is 9.59 Å². The molecule has 8 nitrogen and oxygen atoms in total. The molecule has 0 saturated carbocycles. The Morgan fingerprint density at radius 2 is 0.912 bits per heavy atom. The molecule has 0 saturated heterocycles. The van der Waals surface area contributed by atoms with E-state index in [9.17, 15) is 9.59 Å². The molecule has 8 heteroatoms. The van der Waals surface area contributed by atoms with Gasteiger partial charge in [-0.15, -0.1) is 0 Å². The average molecular weight is 473 g/mol. The molecule has 1 heterocycles. The molecule has 1 aliphatic heterocycles. The Bertz CT molecular complexity index is 880. The van der Waals surface area contributed by atoms with Crippen molar-refractivity contribution in [1.29, 1.82) is 0 Å². The quantitative estimate of drug-likeness (QED) is 0.614. The molecule has 0 aromatic heterocycles. The van der Waals surface area contributed by atoms with Crippen LogP contribution in [0.4, 0.5) is 0 Å². The molecule has 0 N–H and O–H groups in total. The lowest BCUT2D eigenvalue weighted by Gasteiger charge is -2.16. The molecule has 0 radical (unpaired) electrons. The molecule has 0 fully saturated rings. The summed E-state index contributed by atoms with van der Waals surface area (Å²) in [5, 5.41) is 0. The Labute approximate surface area is 200 Å². The highest BCUT2D eigenvalue weighted by atomic mass is 16.6. The first kappa shape index (κ1) is 25.5. The van der Waals surface area contributed by atoms with Crippen LogP contribution in [0.5, 0.6) is 23.0 Å². The van der Waals surface area contributed by atoms with E-state index in [0.717, 1.165) is 0 Å². The molecule has 0 bridgehead atoms. The Kier molecular flexibility index (Phi) is 10.2. The van der Waals surface area contributed by atoms with Gasteiger partial charge in [-0.1, -0.05) is 13.8 Å². The van der Waals surface area contributed by atoms with Crippen molar-refractivity contribution in [3.8, 4) is 23.0 Å². The minimum atomic E-state index is 0.0339. The third kappa shape index (κ3) is 7.46. The van der Waals surface area contributed by atoms with Crippen LogP contribution in [0.2, 0.25) is 0 Å². The Balaban J connectivity index is 1.65. The lowest BCUT2D eigenvalue weighted by molar-refractivity contribution is 0.0639. The van der Waals surface area contributed by atoms with Crippen molar-refractivity contribution in [2.75, 3.05) is 52.9 Å². The van der Waals surface area contributed by atoms with E-state index in [4.69, 9.17) is 28.4 Å². The summed E-state index contributed by atoms with van der Waals surface area (Å²) in [5.41, 5.74) is 1.16. The Hall–Kier alpha value is -3.10. The van der Waals surface area contributed by atoms with Gasteiger partial charge in [-0.2, -0.15) is 0 Å². The van der Waals surface area contributed by atoms with E-state index in [1.807, 2.05) is 13.8 Å². The summed E-state index contributed by atoms with van der Waals surface area (Å²) < 4.78 is 34.5. The summed E-state index contributed by atoms with van der Waals surface area (Å²) in [6.07, 6.45) is 0.825. The summed E-state index contributed by atoms with van der Waals surface area (Å²) in [4.78, 5) is 24.1. The Morgan fingerprint density at radius 3 is 1.26 bits per heavy atom. The van der Waals surface area contributed by atoms with Crippen LogP contribution in [-0.4, -0.2) is 64.4 Å². The summed E-state index contributed by atoms with van der Waals surface area (Å²) in [7, 11) is 0. The van der Waals surface area contributed by atoms with Crippen molar-refractivity contribution in [1.82, 2.24) is 0 Å². The highest BCUT2D eigenvalue weighted by Crippen LogP contribution is 2.30. The molecule has 0 spiro atoms. The second-order valence-electron chi connectivity index (χ2n) is 7.50. The largest absolute Gasteiger partial charge is 0.487 e. The number of ether oxygens (including phenoxy) is 6. The van der Waals surface area contributed by atoms with Crippen molar-refractivity contribution in [3.63, 3.8) is 0 Å². The minimum Gasteiger partial charge on any atom is -0.487 e. The molecule has 3 rings (SSSR count). The number of fused-ring (bicyclic) bond motifs is 2.